The Balaban J connectivity index is 1.28. The molecule has 3 aromatic rings. The highest BCUT2D eigenvalue weighted by atomic mass is 35.5. The zero-order valence-electron chi connectivity index (χ0n) is 22.8. The van der Waals surface area contributed by atoms with Crippen molar-refractivity contribution in [1.29, 1.82) is 0 Å². The third-order valence-corrected chi connectivity index (χ3v) is 8.36. The van der Waals surface area contributed by atoms with E-state index in [-0.39, 0.29) is 30.8 Å². The summed E-state index contributed by atoms with van der Waals surface area (Å²) in [6.45, 7) is 5.77. The van der Waals surface area contributed by atoms with Crippen molar-refractivity contribution in [3.05, 3.63) is 75.3 Å². The van der Waals surface area contributed by atoms with E-state index in [1.54, 1.807) is 6.07 Å². The van der Waals surface area contributed by atoms with Crippen LogP contribution in [-0.4, -0.2) is 45.2 Å². The van der Waals surface area contributed by atoms with Gasteiger partial charge in [-0.15, -0.1) is 0 Å². The number of esters is 1. The maximum atomic E-state index is 15.6. The molecule has 0 aromatic heterocycles. The van der Waals surface area contributed by atoms with E-state index in [4.69, 9.17) is 35.3 Å². The Kier molecular flexibility index (Phi) is 7.36. The fourth-order valence-electron chi connectivity index (χ4n) is 6.14. The minimum atomic E-state index is -1.24. The van der Waals surface area contributed by atoms with Gasteiger partial charge in [-0.1, -0.05) is 23.7 Å². The smallest absolute Gasteiger partial charge is 0.306 e. The second-order valence-electron chi connectivity index (χ2n) is 10.8. The monoisotopic (exact) mass is 566 g/mol. The maximum absolute atomic E-state index is 15.6. The van der Waals surface area contributed by atoms with Crippen LogP contribution >= 0.6 is 11.6 Å². The number of ether oxygens (including phenoxy) is 5. The molecule has 0 radical (unpaired) electrons. The Morgan fingerprint density at radius 3 is 2.50 bits per heavy atom. The number of benzene rings is 3. The Morgan fingerprint density at radius 1 is 1.00 bits per heavy atom. The quantitative estimate of drug-likeness (QED) is 0.292. The number of fused-ring (bicyclic) bond motifs is 2. The van der Waals surface area contributed by atoms with E-state index >= 15 is 4.39 Å². The number of hydrogen-bond acceptors (Lipinski definition) is 6. The van der Waals surface area contributed by atoms with Gasteiger partial charge in [0, 0.05) is 41.0 Å². The van der Waals surface area contributed by atoms with Crippen LogP contribution in [0, 0.1) is 13.8 Å². The number of aryl methyl sites for hydroxylation is 2. The number of carbonyl (C=O) groups is 1. The lowest BCUT2D eigenvalue weighted by atomic mass is 9.90. The number of alkyl halides is 1. The van der Waals surface area contributed by atoms with Gasteiger partial charge >= 0.3 is 5.97 Å². The largest absolute Gasteiger partial charge is 0.492 e. The van der Waals surface area contributed by atoms with Crippen LogP contribution in [0.5, 0.6) is 17.2 Å². The molecule has 40 heavy (non-hydrogen) atoms. The predicted octanol–water partition coefficient (Wildman–Crippen LogP) is 6.84. The van der Waals surface area contributed by atoms with E-state index in [1.165, 1.54) is 7.11 Å². The van der Waals surface area contributed by atoms with E-state index in [2.05, 4.69) is 0 Å². The van der Waals surface area contributed by atoms with Crippen molar-refractivity contribution in [2.24, 2.45) is 0 Å². The first-order valence-electron chi connectivity index (χ1n) is 13.6. The summed E-state index contributed by atoms with van der Waals surface area (Å²) >= 11 is 6.78. The highest BCUT2D eigenvalue weighted by molar-refractivity contribution is 6.33. The molecular weight excluding hydrogens is 535 g/mol. The molecule has 1 saturated heterocycles. The summed E-state index contributed by atoms with van der Waals surface area (Å²) in [6.07, 6.45) is -0.628. The molecule has 8 heteroatoms. The fraction of sp³-hybridized carbons (Fsp3) is 0.406. The maximum Gasteiger partial charge on any atom is 0.306 e. The van der Waals surface area contributed by atoms with Crippen LogP contribution in [0.2, 0.25) is 5.02 Å². The average molecular weight is 567 g/mol. The first-order valence-corrected chi connectivity index (χ1v) is 14.0. The second-order valence-corrected chi connectivity index (χ2v) is 11.2. The Labute approximate surface area is 238 Å². The lowest BCUT2D eigenvalue weighted by Crippen LogP contribution is -2.15. The first-order chi connectivity index (χ1) is 19.3. The van der Waals surface area contributed by atoms with Crippen molar-refractivity contribution in [3.63, 3.8) is 0 Å². The van der Waals surface area contributed by atoms with Gasteiger partial charge in [0.05, 0.1) is 33.4 Å². The molecule has 6 rings (SSSR count). The van der Waals surface area contributed by atoms with Gasteiger partial charge < -0.3 is 23.7 Å². The second kappa shape index (κ2) is 10.9. The van der Waals surface area contributed by atoms with Gasteiger partial charge in [-0.25, -0.2) is 4.39 Å². The summed E-state index contributed by atoms with van der Waals surface area (Å²) in [6, 6.07) is 13.2. The van der Waals surface area contributed by atoms with Crippen molar-refractivity contribution in [2.75, 3.05) is 26.9 Å². The fourth-order valence-corrected chi connectivity index (χ4v) is 6.41. The van der Waals surface area contributed by atoms with Crippen LogP contribution < -0.4 is 14.2 Å². The summed E-state index contributed by atoms with van der Waals surface area (Å²) in [5.41, 5.74) is 6.45. The van der Waals surface area contributed by atoms with Crippen molar-refractivity contribution in [2.45, 2.75) is 57.4 Å². The van der Waals surface area contributed by atoms with Gasteiger partial charge in [-0.3, -0.25) is 4.79 Å². The van der Waals surface area contributed by atoms with Crippen LogP contribution in [-0.2, 0) is 20.7 Å². The van der Waals surface area contributed by atoms with E-state index in [0.29, 0.717) is 36.3 Å². The Hall–Kier alpha value is -3.29. The van der Waals surface area contributed by atoms with E-state index in [9.17, 15) is 4.79 Å². The molecule has 1 unspecified atom stereocenters. The number of hydrogen-bond donors (Lipinski definition) is 0. The van der Waals surface area contributed by atoms with Gasteiger partial charge in [0.2, 0.25) is 0 Å². The minimum Gasteiger partial charge on any atom is -0.492 e. The van der Waals surface area contributed by atoms with Crippen LogP contribution in [0.25, 0.3) is 11.1 Å². The van der Waals surface area contributed by atoms with Gasteiger partial charge in [-0.05, 0) is 65.9 Å². The molecule has 1 aliphatic carbocycles. The Morgan fingerprint density at radius 2 is 1.77 bits per heavy atom. The standard InChI is InChI=1S/C32H32ClFO6/c1-17-10-22(39-21-8-9-37-16-21)11-18(2)30(17)31-25-14-27(34)32(24(25)6-7-26(31)33)40-20-4-5-23-19(12-29(35)36-3)15-38-28(23)13-20/h4-7,10-11,13,19,21,27,32H,8-9,12,14-16H2,1-3H3/t19?,21-,27-,32+/m1/s1. The first kappa shape index (κ1) is 26.9. The molecule has 2 aliphatic heterocycles. The zero-order chi connectivity index (χ0) is 28.0. The van der Waals surface area contributed by atoms with E-state index in [1.807, 2.05) is 50.2 Å². The lowest BCUT2D eigenvalue weighted by molar-refractivity contribution is -0.141. The van der Waals surface area contributed by atoms with Crippen LogP contribution in [0.15, 0.2) is 42.5 Å². The molecular formula is C32H32ClFO6. The Bertz CT molecular complexity index is 1430. The summed E-state index contributed by atoms with van der Waals surface area (Å²) in [5.74, 6) is 1.61. The molecule has 4 atom stereocenters. The predicted molar refractivity (Wildman–Crippen MR) is 149 cm³/mol. The molecule has 1 fully saturated rings. The highest BCUT2D eigenvalue weighted by Gasteiger charge is 2.38. The van der Waals surface area contributed by atoms with Gasteiger partial charge in [0.15, 0.2) is 6.10 Å². The molecule has 0 saturated carbocycles. The van der Waals surface area contributed by atoms with Crippen LogP contribution in [0.4, 0.5) is 4.39 Å². The normalized spacial score (nSPS) is 22.9. The number of halogens is 2. The topological polar surface area (TPSA) is 63.2 Å². The summed E-state index contributed by atoms with van der Waals surface area (Å²) in [5, 5.41) is 0.582. The molecule has 0 bridgehead atoms. The molecule has 6 nitrogen and oxygen atoms in total. The molecule has 0 amide bonds. The molecule has 3 aromatic carbocycles. The third kappa shape index (κ3) is 5.01. The van der Waals surface area contributed by atoms with Gasteiger partial charge in [-0.2, -0.15) is 0 Å². The SMILES string of the molecule is COC(=O)CC1COc2cc(O[C@H]3c4ccc(Cl)c(-c5c(C)cc(O[C@@H]6CCOC6)cc5C)c4C[C@H]3F)ccc21. The number of rotatable bonds is 7. The lowest BCUT2D eigenvalue weighted by Gasteiger charge is -2.20. The molecule has 2 heterocycles. The molecule has 0 N–H and O–H groups in total. The highest BCUT2D eigenvalue weighted by Crippen LogP contribution is 2.47. The molecule has 3 aliphatic rings. The van der Waals surface area contributed by atoms with Crippen molar-refractivity contribution in [1.82, 2.24) is 0 Å². The van der Waals surface area contributed by atoms with Gasteiger partial charge in [0.1, 0.15) is 29.5 Å². The van der Waals surface area contributed by atoms with Crippen LogP contribution in [0.1, 0.15) is 52.7 Å². The number of carbonyl (C=O) groups excluding carboxylic acids is 1. The average Bonchev–Trinajstić information content (AvgIpc) is 3.65. The van der Waals surface area contributed by atoms with E-state index < -0.39 is 12.3 Å². The third-order valence-electron chi connectivity index (χ3n) is 8.05. The van der Waals surface area contributed by atoms with Crippen molar-refractivity contribution < 1.29 is 32.9 Å². The van der Waals surface area contributed by atoms with Crippen molar-refractivity contribution >= 4 is 17.6 Å². The number of methoxy groups -OCH3 is 1. The minimum absolute atomic E-state index is 0.0581. The van der Waals surface area contributed by atoms with Crippen molar-refractivity contribution in [3.8, 4) is 28.4 Å². The van der Waals surface area contributed by atoms with Gasteiger partial charge in [0.25, 0.3) is 0 Å². The van der Waals surface area contributed by atoms with Crippen LogP contribution in [0.3, 0.4) is 0 Å². The summed E-state index contributed by atoms with van der Waals surface area (Å²) in [7, 11) is 1.38. The summed E-state index contributed by atoms with van der Waals surface area (Å²) in [4.78, 5) is 11.7. The van der Waals surface area contributed by atoms with E-state index in [0.717, 1.165) is 51.1 Å². The molecule has 210 valence electrons. The zero-order valence-corrected chi connectivity index (χ0v) is 23.6. The molecule has 0 spiro atoms. The summed E-state index contributed by atoms with van der Waals surface area (Å²) < 4.78 is 44.1.